The van der Waals surface area contributed by atoms with Crippen LogP contribution in [0.15, 0.2) is 24.3 Å². The number of piperidine rings is 1. The summed E-state index contributed by atoms with van der Waals surface area (Å²) in [5, 5.41) is 32.7. The Balaban J connectivity index is 1.82. The third-order valence-corrected chi connectivity index (χ3v) is 4.24. The minimum atomic E-state index is -1.08. The zero-order valence-electron chi connectivity index (χ0n) is 12.6. The SMILES string of the molecule is COc1ccc(CCC[C@H]2N[C@@H](C)[C@@H](O)[C@@H](O)[C@@H]2O)cc1. The Morgan fingerprint density at radius 3 is 2.33 bits per heavy atom. The van der Waals surface area contributed by atoms with Gasteiger partial charge in [0, 0.05) is 12.1 Å². The van der Waals surface area contributed by atoms with Crippen LogP contribution in [0.2, 0.25) is 0 Å². The first kappa shape index (κ1) is 16.2. The lowest BCUT2D eigenvalue weighted by Crippen LogP contribution is -2.63. The number of aliphatic hydroxyl groups excluding tert-OH is 3. The van der Waals surface area contributed by atoms with Gasteiger partial charge in [0.2, 0.25) is 0 Å². The molecule has 118 valence electrons. The van der Waals surface area contributed by atoms with Crippen molar-refractivity contribution in [2.75, 3.05) is 7.11 Å². The fourth-order valence-electron chi connectivity index (χ4n) is 2.84. The molecule has 0 bridgehead atoms. The van der Waals surface area contributed by atoms with Gasteiger partial charge in [-0.1, -0.05) is 12.1 Å². The second-order valence-corrected chi connectivity index (χ2v) is 5.77. The average molecular weight is 295 g/mol. The van der Waals surface area contributed by atoms with Crippen LogP contribution >= 0.6 is 0 Å². The summed E-state index contributed by atoms with van der Waals surface area (Å²) in [5.74, 6) is 0.842. The summed E-state index contributed by atoms with van der Waals surface area (Å²) in [6, 6.07) is 7.54. The van der Waals surface area contributed by atoms with Crippen molar-refractivity contribution < 1.29 is 20.1 Å². The number of aryl methyl sites for hydroxylation is 1. The van der Waals surface area contributed by atoms with Crippen LogP contribution in [0, 0.1) is 0 Å². The lowest BCUT2D eigenvalue weighted by atomic mass is 9.88. The zero-order chi connectivity index (χ0) is 15.4. The summed E-state index contributed by atoms with van der Waals surface area (Å²) >= 11 is 0. The van der Waals surface area contributed by atoms with E-state index in [1.165, 1.54) is 5.56 Å². The maximum atomic E-state index is 10.0. The monoisotopic (exact) mass is 295 g/mol. The van der Waals surface area contributed by atoms with Gasteiger partial charge in [0.05, 0.1) is 19.3 Å². The highest BCUT2D eigenvalue weighted by Crippen LogP contribution is 2.20. The van der Waals surface area contributed by atoms with Crippen LogP contribution in [-0.4, -0.2) is 52.8 Å². The zero-order valence-corrected chi connectivity index (χ0v) is 12.6. The van der Waals surface area contributed by atoms with Crippen molar-refractivity contribution in [1.29, 1.82) is 0 Å². The van der Waals surface area contributed by atoms with Crippen molar-refractivity contribution in [3.63, 3.8) is 0 Å². The van der Waals surface area contributed by atoms with Crippen LogP contribution in [0.25, 0.3) is 0 Å². The Bertz CT molecular complexity index is 436. The van der Waals surface area contributed by atoms with Crippen LogP contribution in [0.1, 0.15) is 25.3 Å². The van der Waals surface area contributed by atoms with Crippen molar-refractivity contribution >= 4 is 0 Å². The summed E-state index contributed by atoms with van der Waals surface area (Å²) in [7, 11) is 1.64. The Hall–Kier alpha value is -1.14. The third kappa shape index (κ3) is 3.95. The standard InChI is InChI=1S/C16H25NO4/c1-10-14(18)16(20)15(19)13(17-10)5-3-4-11-6-8-12(21-2)9-7-11/h6-10,13-20H,3-5H2,1-2H3/t10-,13+,14+,15+,16+/m0/s1. The van der Waals surface area contributed by atoms with Crippen molar-refractivity contribution in [3.8, 4) is 5.75 Å². The molecule has 1 saturated heterocycles. The van der Waals surface area contributed by atoms with Gasteiger partial charge in [-0.05, 0) is 43.9 Å². The molecule has 0 spiro atoms. The number of methoxy groups -OCH3 is 1. The number of ether oxygens (including phenoxy) is 1. The first-order chi connectivity index (χ1) is 10.0. The van der Waals surface area contributed by atoms with E-state index in [0.29, 0.717) is 0 Å². The van der Waals surface area contributed by atoms with Gasteiger partial charge in [-0.15, -0.1) is 0 Å². The molecule has 0 amide bonds. The normalized spacial score (nSPS) is 32.9. The largest absolute Gasteiger partial charge is 0.497 e. The predicted octanol–water partition coefficient (Wildman–Crippen LogP) is 0.461. The first-order valence-corrected chi connectivity index (χ1v) is 7.46. The molecular formula is C16H25NO4. The number of nitrogens with one attached hydrogen (secondary N) is 1. The molecule has 0 radical (unpaired) electrons. The number of benzene rings is 1. The van der Waals surface area contributed by atoms with Crippen molar-refractivity contribution in [2.45, 2.75) is 56.6 Å². The van der Waals surface area contributed by atoms with Gasteiger partial charge in [0.1, 0.15) is 11.9 Å². The molecule has 0 aliphatic carbocycles. The van der Waals surface area contributed by atoms with Crippen LogP contribution in [-0.2, 0) is 6.42 Å². The van der Waals surface area contributed by atoms with Gasteiger partial charge in [0.25, 0.3) is 0 Å². The van der Waals surface area contributed by atoms with Crippen molar-refractivity contribution in [2.24, 2.45) is 0 Å². The van der Waals surface area contributed by atoms with Gasteiger partial charge < -0.3 is 25.4 Å². The van der Waals surface area contributed by atoms with Gasteiger partial charge in [-0.25, -0.2) is 0 Å². The predicted molar refractivity (Wildman–Crippen MR) is 80.3 cm³/mol. The average Bonchev–Trinajstić information content (AvgIpc) is 2.51. The highest BCUT2D eigenvalue weighted by molar-refractivity contribution is 5.27. The van der Waals surface area contributed by atoms with E-state index in [9.17, 15) is 15.3 Å². The minimum absolute atomic E-state index is 0.184. The summed E-state index contributed by atoms with van der Waals surface area (Å²) in [6.45, 7) is 1.82. The molecule has 4 N–H and O–H groups in total. The smallest absolute Gasteiger partial charge is 0.118 e. The quantitative estimate of drug-likeness (QED) is 0.634. The molecule has 0 aromatic heterocycles. The number of rotatable bonds is 5. The number of hydrogen-bond acceptors (Lipinski definition) is 5. The van der Waals surface area contributed by atoms with E-state index < -0.39 is 18.3 Å². The molecule has 0 saturated carbocycles. The van der Waals surface area contributed by atoms with Crippen molar-refractivity contribution in [1.82, 2.24) is 5.32 Å². The lowest BCUT2D eigenvalue weighted by molar-refractivity contribution is -0.111. The lowest BCUT2D eigenvalue weighted by Gasteiger charge is -2.40. The van der Waals surface area contributed by atoms with E-state index in [0.717, 1.165) is 25.0 Å². The first-order valence-electron chi connectivity index (χ1n) is 7.46. The molecule has 1 heterocycles. The summed E-state index contributed by atoms with van der Waals surface area (Å²) in [5.41, 5.74) is 1.22. The second-order valence-electron chi connectivity index (χ2n) is 5.77. The van der Waals surface area contributed by atoms with E-state index in [1.54, 1.807) is 7.11 Å². The minimum Gasteiger partial charge on any atom is -0.497 e. The third-order valence-electron chi connectivity index (χ3n) is 4.24. The Morgan fingerprint density at radius 2 is 1.71 bits per heavy atom. The number of aliphatic hydroxyl groups is 3. The molecule has 1 aliphatic heterocycles. The van der Waals surface area contributed by atoms with E-state index in [-0.39, 0.29) is 12.1 Å². The van der Waals surface area contributed by atoms with Crippen LogP contribution < -0.4 is 10.1 Å². The van der Waals surface area contributed by atoms with Gasteiger partial charge in [0.15, 0.2) is 0 Å². The van der Waals surface area contributed by atoms with Gasteiger partial charge in [-0.2, -0.15) is 0 Å². The Labute approximate surface area is 125 Å². The maximum Gasteiger partial charge on any atom is 0.118 e. The Morgan fingerprint density at radius 1 is 1.05 bits per heavy atom. The van der Waals surface area contributed by atoms with Crippen LogP contribution in [0.5, 0.6) is 5.75 Å². The van der Waals surface area contributed by atoms with Gasteiger partial charge >= 0.3 is 0 Å². The molecule has 0 unspecified atom stereocenters. The van der Waals surface area contributed by atoms with Crippen molar-refractivity contribution in [3.05, 3.63) is 29.8 Å². The van der Waals surface area contributed by atoms with E-state index >= 15 is 0 Å². The Kier molecular flexibility index (Phi) is 5.58. The van der Waals surface area contributed by atoms with Gasteiger partial charge in [-0.3, -0.25) is 0 Å². The molecule has 1 fully saturated rings. The molecule has 1 aliphatic rings. The van der Waals surface area contributed by atoms with Crippen LogP contribution in [0.3, 0.4) is 0 Å². The van der Waals surface area contributed by atoms with E-state index in [1.807, 2.05) is 31.2 Å². The maximum absolute atomic E-state index is 10.0. The molecule has 2 rings (SSSR count). The molecule has 1 aromatic carbocycles. The molecule has 21 heavy (non-hydrogen) atoms. The molecule has 5 nitrogen and oxygen atoms in total. The van der Waals surface area contributed by atoms with Crippen LogP contribution in [0.4, 0.5) is 0 Å². The number of hydrogen-bond donors (Lipinski definition) is 4. The fourth-order valence-corrected chi connectivity index (χ4v) is 2.84. The summed E-state index contributed by atoms with van der Waals surface area (Å²) in [6.07, 6.45) is -0.364. The van der Waals surface area contributed by atoms with E-state index in [4.69, 9.17) is 4.74 Å². The molecular weight excluding hydrogens is 270 g/mol. The fraction of sp³-hybridized carbons (Fsp3) is 0.625. The molecule has 1 aromatic rings. The molecule has 5 heteroatoms. The summed E-state index contributed by atoms with van der Waals surface area (Å²) < 4.78 is 5.12. The molecule has 5 atom stereocenters. The highest BCUT2D eigenvalue weighted by Gasteiger charge is 2.39. The van der Waals surface area contributed by atoms with E-state index in [2.05, 4.69) is 5.32 Å². The topological polar surface area (TPSA) is 82.0 Å². The highest BCUT2D eigenvalue weighted by atomic mass is 16.5. The second kappa shape index (κ2) is 7.22. The summed E-state index contributed by atoms with van der Waals surface area (Å²) in [4.78, 5) is 0.